The fourth-order valence-electron chi connectivity index (χ4n) is 7.71. The number of quaternary nitrogens is 1. The largest absolute Gasteiger partial charge is 0.756 e. The molecule has 3 unspecified atom stereocenters. The molecule has 64 heavy (non-hydrogen) atoms. The number of nitrogens with zero attached hydrogens (tertiary/aromatic N) is 1. The van der Waals surface area contributed by atoms with Crippen molar-refractivity contribution in [3.05, 3.63) is 48.6 Å². The number of phosphoric ester groups is 1. The molecule has 0 rings (SSSR count). The van der Waals surface area contributed by atoms with Crippen molar-refractivity contribution in [2.45, 2.75) is 257 Å². The van der Waals surface area contributed by atoms with E-state index in [2.05, 4.69) is 55.6 Å². The van der Waals surface area contributed by atoms with Crippen LogP contribution in [0, 0.1) is 0 Å². The van der Waals surface area contributed by atoms with Gasteiger partial charge in [-0.25, -0.2) is 0 Å². The molecule has 0 radical (unpaired) electrons. The maximum absolute atomic E-state index is 12.9. The first-order valence-electron chi connectivity index (χ1n) is 27.0. The van der Waals surface area contributed by atoms with Crippen molar-refractivity contribution < 1.29 is 32.9 Å². The second-order valence-electron chi connectivity index (χ2n) is 19.6. The van der Waals surface area contributed by atoms with E-state index >= 15 is 0 Å². The summed E-state index contributed by atoms with van der Waals surface area (Å²) in [6.45, 7) is 4.63. The van der Waals surface area contributed by atoms with Crippen molar-refractivity contribution >= 4 is 13.7 Å². The topological polar surface area (TPSA) is 108 Å². The molecular formula is C55H105N2O6P. The monoisotopic (exact) mass is 921 g/mol. The first kappa shape index (κ1) is 62.5. The van der Waals surface area contributed by atoms with Gasteiger partial charge < -0.3 is 28.8 Å². The number of allylic oxidation sites excluding steroid dienone is 7. The number of unbranched alkanes of at least 4 members (excludes halogenated alkanes) is 30. The zero-order valence-corrected chi connectivity index (χ0v) is 43.6. The Morgan fingerprint density at radius 2 is 0.875 bits per heavy atom. The molecule has 0 aromatic heterocycles. The fourth-order valence-corrected chi connectivity index (χ4v) is 8.43. The average Bonchev–Trinajstić information content (AvgIpc) is 3.25. The molecular weight excluding hydrogens is 816 g/mol. The Hall–Kier alpha value is -1.54. The Morgan fingerprint density at radius 3 is 1.27 bits per heavy atom. The molecule has 0 aromatic carbocycles. The van der Waals surface area contributed by atoms with Crippen LogP contribution in [0.15, 0.2) is 48.6 Å². The van der Waals surface area contributed by atoms with Gasteiger partial charge in [0.15, 0.2) is 0 Å². The Bertz CT molecular complexity index is 1180. The normalized spacial score (nSPS) is 14.4. The van der Waals surface area contributed by atoms with Crippen LogP contribution in [-0.2, 0) is 18.4 Å². The van der Waals surface area contributed by atoms with Gasteiger partial charge in [-0.15, -0.1) is 0 Å². The van der Waals surface area contributed by atoms with Gasteiger partial charge in [0.05, 0.1) is 39.9 Å². The van der Waals surface area contributed by atoms with Gasteiger partial charge in [-0.3, -0.25) is 9.36 Å². The molecule has 3 atom stereocenters. The third kappa shape index (κ3) is 48.4. The second-order valence-corrected chi connectivity index (χ2v) is 21.0. The third-order valence-corrected chi connectivity index (χ3v) is 13.0. The van der Waals surface area contributed by atoms with Crippen LogP contribution in [0.3, 0.4) is 0 Å². The number of amides is 1. The summed E-state index contributed by atoms with van der Waals surface area (Å²) in [5.74, 6) is -0.215. The first-order chi connectivity index (χ1) is 31.0. The van der Waals surface area contributed by atoms with Gasteiger partial charge >= 0.3 is 0 Å². The number of hydrogen-bond donors (Lipinski definition) is 2. The lowest BCUT2D eigenvalue weighted by Gasteiger charge is -2.29. The van der Waals surface area contributed by atoms with Gasteiger partial charge in [-0.1, -0.05) is 217 Å². The van der Waals surface area contributed by atoms with Crippen LogP contribution in [-0.4, -0.2) is 68.5 Å². The Labute approximate surface area is 397 Å². The lowest BCUT2D eigenvalue weighted by atomic mass is 10.0. The van der Waals surface area contributed by atoms with Crippen molar-refractivity contribution in [1.82, 2.24) is 5.32 Å². The van der Waals surface area contributed by atoms with Gasteiger partial charge in [-0.2, -0.15) is 0 Å². The van der Waals surface area contributed by atoms with Crippen LogP contribution in [0.1, 0.15) is 245 Å². The molecule has 9 heteroatoms. The van der Waals surface area contributed by atoms with Gasteiger partial charge in [0, 0.05) is 6.42 Å². The number of hydrogen-bond acceptors (Lipinski definition) is 6. The molecule has 8 nitrogen and oxygen atoms in total. The van der Waals surface area contributed by atoms with Crippen LogP contribution >= 0.6 is 7.82 Å². The number of aliphatic hydroxyl groups excluding tert-OH is 1. The van der Waals surface area contributed by atoms with Gasteiger partial charge in [0.2, 0.25) is 5.91 Å². The van der Waals surface area contributed by atoms with E-state index in [1.807, 2.05) is 27.2 Å². The highest BCUT2D eigenvalue weighted by molar-refractivity contribution is 7.45. The Morgan fingerprint density at radius 1 is 0.531 bits per heavy atom. The molecule has 0 fully saturated rings. The predicted molar refractivity (Wildman–Crippen MR) is 274 cm³/mol. The van der Waals surface area contributed by atoms with Gasteiger partial charge in [0.25, 0.3) is 7.82 Å². The summed E-state index contributed by atoms with van der Waals surface area (Å²) in [7, 11) is 1.23. The van der Waals surface area contributed by atoms with Gasteiger partial charge in [0.1, 0.15) is 13.2 Å². The number of nitrogens with one attached hydrogen (secondary N) is 1. The smallest absolute Gasteiger partial charge is 0.268 e. The van der Waals surface area contributed by atoms with E-state index in [1.54, 1.807) is 6.08 Å². The average molecular weight is 921 g/mol. The predicted octanol–water partition coefficient (Wildman–Crippen LogP) is 15.3. The van der Waals surface area contributed by atoms with Crippen LogP contribution in [0.5, 0.6) is 0 Å². The Balaban J connectivity index is 4.33. The van der Waals surface area contributed by atoms with Crippen molar-refractivity contribution in [3.8, 4) is 0 Å². The molecule has 0 aliphatic heterocycles. The summed E-state index contributed by atoms with van der Waals surface area (Å²) in [6, 6.07) is -0.913. The fraction of sp³-hybridized carbons (Fsp3) is 0.836. The van der Waals surface area contributed by atoms with Crippen LogP contribution < -0.4 is 10.2 Å². The number of rotatable bonds is 49. The molecule has 0 aromatic rings. The van der Waals surface area contributed by atoms with E-state index in [0.717, 1.165) is 44.9 Å². The number of likely N-dealkylation sites (N-methyl/N-ethyl adjacent to an activating group) is 1. The van der Waals surface area contributed by atoms with Crippen LogP contribution in [0.25, 0.3) is 0 Å². The molecule has 0 saturated heterocycles. The maximum Gasteiger partial charge on any atom is 0.268 e. The van der Waals surface area contributed by atoms with E-state index in [4.69, 9.17) is 9.05 Å². The van der Waals surface area contributed by atoms with Crippen molar-refractivity contribution in [2.75, 3.05) is 40.9 Å². The molecule has 0 aliphatic rings. The SMILES string of the molecule is CCCCCCCCCCC/C=C/CC/C=C/CC/C=C/C(O)C(COP(=O)([O-])OCC[N+](C)(C)C)NC(=O)CCCCCCCCC/C=C\CCCCCCCCCCCCCC. The quantitative estimate of drug-likeness (QED) is 0.0272. The number of aliphatic hydroxyl groups is 1. The molecule has 0 spiro atoms. The third-order valence-electron chi connectivity index (χ3n) is 12.0. The minimum atomic E-state index is -4.61. The van der Waals surface area contributed by atoms with Gasteiger partial charge in [-0.05, 0) is 70.6 Å². The lowest BCUT2D eigenvalue weighted by molar-refractivity contribution is -0.870. The molecule has 376 valence electrons. The maximum atomic E-state index is 12.9. The van der Waals surface area contributed by atoms with Crippen LogP contribution in [0.4, 0.5) is 0 Å². The summed E-state index contributed by atoms with van der Waals surface area (Å²) in [5.41, 5.74) is 0. The van der Waals surface area contributed by atoms with Crippen molar-refractivity contribution in [2.24, 2.45) is 0 Å². The van der Waals surface area contributed by atoms with E-state index in [1.165, 1.54) is 180 Å². The minimum absolute atomic E-state index is 0.0104. The first-order valence-corrected chi connectivity index (χ1v) is 28.5. The number of carbonyl (C=O) groups is 1. The minimum Gasteiger partial charge on any atom is -0.756 e. The molecule has 0 heterocycles. The van der Waals surface area contributed by atoms with E-state index in [0.29, 0.717) is 17.4 Å². The Kier molecular flexibility index (Phi) is 45.4. The summed E-state index contributed by atoms with van der Waals surface area (Å²) in [6.07, 6.45) is 60.4. The molecule has 1 amide bonds. The molecule has 2 N–H and O–H groups in total. The highest BCUT2D eigenvalue weighted by Gasteiger charge is 2.23. The van der Waals surface area contributed by atoms with Crippen LogP contribution in [0.2, 0.25) is 0 Å². The second kappa shape index (κ2) is 46.6. The van der Waals surface area contributed by atoms with E-state index in [-0.39, 0.29) is 12.5 Å². The zero-order valence-electron chi connectivity index (χ0n) is 42.7. The highest BCUT2D eigenvalue weighted by atomic mass is 31.2. The molecule has 0 aliphatic carbocycles. The van der Waals surface area contributed by atoms with Crippen molar-refractivity contribution in [3.63, 3.8) is 0 Å². The molecule has 0 saturated carbocycles. The summed E-state index contributed by atoms with van der Waals surface area (Å²) >= 11 is 0. The van der Waals surface area contributed by atoms with E-state index in [9.17, 15) is 19.4 Å². The van der Waals surface area contributed by atoms with Crippen molar-refractivity contribution in [1.29, 1.82) is 0 Å². The number of phosphoric acid groups is 1. The summed E-state index contributed by atoms with van der Waals surface area (Å²) in [5, 5.41) is 13.8. The highest BCUT2D eigenvalue weighted by Crippen LogP contribution is 2.38. The van der Waals surface area contributed by atoms with E-state index < -0.39 is 26.6 Å². The number of carbonyl (C=O) groups excluding carboxylic acids is 1. The lowest BCUT2D eigenvalue weighted by Crippen LogP contribution is -2.45. The zero-order chi connectivity index (χ0) is 47.1. The molecule has 0 bridgehead atoms. The summed E-state index contributed by atoms with van der Waals surface area (Å²) < 4.78 is 23.3. The summed E-state index contributed by atoms with van der Waals surface area (Å²) in [4.78, 5) is 25.4. The standard InChI is InChI=1S/C55H105N2O6P/c1-6-8-10-12-14-16-18-20-22-24-26-27-28-29-31-33-35-37-39-41-43-45-47-49-55(59)56-53(52-63-64(60,61)62-51-50-57(3,4)5)54(58)48-46-44-42-40-38-36-34-32-30-25-23-21-19-17-15-13-11-9-7-2/h29-32,38,40,46,48,53-54,58H,6-28,33-37,39,41-45,47,49-52H2,1-5H3,(H-,56,59,60,61)/b31-29-,32-30+,40-38+,48-46+.